The van der Waals surface area contributed by atoms with E-state index in [1.54, 1.807) is 26.0 Å². The number of fused-ring (bicyclic) bond motifs is 1. The Morgan fingerprint density at radius 1 is 1.32 bits per heavy atom. The highest BCUT2D eigenvalue weighted by atomic mass is 35.5. The highest BCUT2D eigenvalue weighted by molar-refractivity contribution is 7.92. The van der Waals surface area contributed by atoms with Crippen LogP contribution in [0.3, 0.4) is 0 Å². The fourth-order valence-electron chi connectivity index (χ4n) is 3.65. The highest BCUT2D eigenvalue weighted by Crippen LogP contribution is 2.39. The van der Waals surface area contributed by atoms with Crippen LogP contribution in [-0.4, -0.2) is 29.3 Å². The maximum Gasteiger partial charge on any atom is 0.304 e. The molecule has 134 valence electrons. The molecule has 0 amide bonds. The molecule has 1 aromatic carbocycles. The lowest BCUT2D eigenvalue weighted by Crippen LogP contribution is -2.36. The minimum Gasteiger partial charge on any atom is -0.481 e. The number of hydrogen-bond donors (Lipinski definition) is 1. The number of aliphatic carboxylic acids is 1. The van der Waals surface area contributed by atoms with Gasteiger partial charge in [-0.1, -0.05) is 11.6 Å². The van der Waals surface area contributed by atoms with Gasteiger partial charge in [0.15, 0.2) is 9.84 Å². The van der Waals surface area contributed by atoms with E-state index in [4.69, 9.17) is 11.6 Å². The van der Waals surface area contributed by atoms with Crippen LogP contribution in [0.2, 0.25) is 5.02 Å². The van der Waals surface area contributed by atoms with E-state index in [2.05, 4.69) is 0 Å². The number of halogens is 1. The van der Waals surface area contributed by atoms with Crippen molar-refractivity contribution in [3.63, 3.8) is 0 Å². The van der Waals surface area contributed by atoms with Crippen molar-refractivity contribution in [2.45, 2.75) is 49.3 Å². The van der Waals surface area contributed by atoms with E-state index in [0.717, 1.165) is 5.69 Å². The predicted molar refractivity (Wildman–Crippen MR) is 95.9 cm³/mol. The average Bonchev–Trinajstić information content (AvgIpc) is 2.99. The van der Waals surface area contributed by atoms with Crippen molar-refractivity contribution in [3.05, 3.63) is 52.3 Å². The number of hydrogen-bond acceptors (Lipinski definition) is 3. The van der Waals surface area contributed by atoms with Gasteiger partial charge in [-0.05, 0) is 55.7 Å². The molecular formula is C18H20ClNO4S. The van der Waals surface area contributed by atoms with E-state index in [9.17, 15) is 18.3 Å². The summed E-state index contributed by atoms with van der Waals surface area (Å²) in [4.78, 5) is 11.6. The molecule has 25 heavy (non-hydrogen) atoms. The van der Waals surface area contributed by atoms with Gasteiger partial charge in [-0.2, -0.15) is 0 Å². The molecule has 7 heteroatoms. The third-order valence-electron chi connectivity index (χ3n) is 4.90. The van der Waals surface area contributed by atoms with E-state index in [0.29, 0.717) is 29.1 Å². The van der Waals surface area contributed by atoms with Crippen LogP contribution in [0.15, 0.2) is 35.4 Å². The molecule has 3 rings (SSSR count). The summed E-state index contributed by atoms with van der Waals surface area (Å²) < 4.78 is 28.6. The van der Waals surface area contributed by atoms with Crippen molar-refractivity contribution < 1.29 is 18.3 Å². The molecule has 0 spiro atoms. The first-order chi connectivity index (χ1) is 11.7. The summed E-state index contributed by atoms with van der Waals surface area (Å²) in [6, 6.07) is 6.89. The molecule has 0 saturated carbocycles. The molecule has 5 nitrogen and oxygen atoms in total. The van der Waals surface area contributed by atoms with Crippen LogP contribution < -0.4 is 0 Å². The van der Waals surface area contributed by atoms with Crippen molar-refractivity contribution in [3.8, 4) is 0 Å². The lowest BCUT2D eigenvalue weighted by atomic mass is 9.92. The van der Waals surface area contributed by atoms with Gasteiger partial charge in [-0.3, -0.25) is 4.79 Å². The van der Waals surface area contributed by atoms with Gasteiger partial charge >= 0.3 is 5.97 Å². The Labute approximate surface area is 152 Å². The molecular weight excluding hydrogens is 362 g/mol. The molecule has 1 aromatic heterocycles. The molecule has 0 saturated heterocycles. The van der Waals surface area contributed by atoms with Crippen LogP contribution in [0, 0.1) is 13.8 Å². The predicted octanol–water partition coefficient (Wildman–Crippen LogP) is 3.56. The van der Waals surface area contributed by atoms with Crippen LogP contribution in [0.4, 0.5) is 0 Å². The van der Waals surface area contributed by atoms with Crippen LogP contribution >= 0.6 is 11.6 Å². The molecule has 0 fully saturated rings. The zero-order chi connectivity index (χ0) is 18.4. The van der Waals surface area contributed by atoms with Crippen molar-refractivity contribution in [1.82, 2.24) is 4.57 Å². The summed E-state index contributed by atoms with van der Waals surface area (Å²) in [6.07, 6.45) is 2.05. The second-order valence-corrected chi connectivity index (χ2v) is 9.11. The Hall–Kier alpha value is -1.79. The van der Waals surface area contributed by atoms with Crippen molar-refractivity contribution in [2.24, 2.45) is 0 Å². The Kier molecular flexibility index (Phi) is 4.68. The number of nitrogens with zero attached hydrogens (tertiary/aromatic N) is 1. The first kappa shape index (κ1) is 18.0. The molecule has 2 atom stereocenters. The third-order valence-corrected chi connectivity index (χ3v) is 7.73. The van der Waals surface area contributed by atoms with Gasteiger partial charge in [0.1, 0.15) is 0 Å². The molecule has 2 aromatic rings. The van der Waals surface area contributed by atoms with E-state index < -0.39 is 27.0 Å². The normalized spacial score (nSPS) is 20.3. The van der Waals surface area contributed by atoms with Gasteiger partial charge in [0, 0.05) is 29.4 Å². The number of carbonyl (C=O) groups is 1. The number of carboxylic acid groups (broad SMARTS) is 1. The maximum atomic E-state index is 13.3. The van der Waals surface area contributed by atoms with Crippen LogP contribution in [0.1, 0.15) is 35.6 Å². The molecule has 2 unspecified atom stereocenters. The quantitative estimate of drug-likeness (QED) is 0.878. The smallest absolute Gasteiger partial charge is 0.304 e. The number of sulfone groups is 1. The Bertz CT molecular complexity index is 933. The van der Waals surface area contributed by atoms with Crippen LogP contribution in [0.5, 0.6) is 0 Å². The third kappa shape index (κ3) is 3.20. The number of benzene rings is 1. The highest BCUT2D eigenvalue weighted by Gasteiger charge is 2.41. The molecule has 0 bridgehead atoms. The second kappa shape index (κ2) is 6.50. The van der Waals surface area contributed by atoms with Crippen molar-refractivity contribution >= 4 is 27.4 Å². The SMILES string of the molecule is Cc1cc(S(=O)(=O)C2CCn3cccc3C2CC(=O)O)c(C)cc1Cl. The summed E-state index contributed by atoms with van der Waals surface area (Å²) in [6.45, 7) is 4.05. The molecule has 0 radical (unpaired) electrons. The number of aryl methyl sites for hydroxylation is 3. The zero-order valence-electron chi connectivity index (χ0n) is 14.1. The number of carboxylic acids is 1. The fraction of sp³-hybridized carbons (Fsp3) is 0.389. The van der Waals surface area contributed by atoms with E-state index >= 15 is 0 Å². The minimum absolute atomic E-state index is 0.209. The van der Waals surface area contributed by atoms with E-state index in [1.807, 2.05) is 22.9 Å². The molecule has 0 aliphatic carbocycles. The standard InChI is InChI=1S/C18H20ClNO4S/c1-11-9-17(12(2)8-14(11)19)25(23,24)16-5-7-20-6-3-4-15(20)13(16)10-18(21)22/h3-4,6,8-9,13,16H,5,7,10H2,1-2H3,(H,21,22). The fourth-order valence-corrected chi connectivity index (χ4v) is 6.12. The van der Waals surface area contributed by atoms with Gasteiger partial charge in [0.05, 0.1) is 16.6 Å². The Morgan fingerprint density at radius 3 is 2.72 bits per heavy atom. The largest absolute Gasteiger partial charge is 0.481 e. The van der Waals surface area contributed by atoms with Gasteiger partial charge in [0.25, 0.3) is 0 Å². The number of aromatic nitrogens is 1. The van der Waals surface area contributed by atoms with Gasteiger partial charge < -0.3 is 9.67 Å². The second-order valence-electron chi connectivity index (χ2n) is 6.57. The Morgan fingerprint density at radius 2 is 2.04 bits per heavy atom. The summed E-state index contributed by atoms with van der Waals surface area (Å²) in [7, 11) is -3.68. The first-order valence-corrected chi connectivity index (χ1v) is 10.0. The lowest BCUT2D eigenvalue weighted by Gasteiger charge is -2.32. The van der Waals surface area contributed by atoms with Gasteiger partial charge in [-0.15, -0.1) is 0 Å². The molecule has 1 aliphatic rings. The first-order valence-electron chi connectivity index (χ1n) is 8.09. The van der Waals surface area contributed by atoms with Crippen LogP contribution in [0.25, 0.3) is 0 Å². The van der Waals surface area contributed by atoms with Crippen molar-refractivity contribution in [1.29, 1.82) is 0 Å². The monoisotopic (exact) mass is 381 g/mol. The van der Waals surface area contributed by atoms with Gasteiger partial charge in [0.2, 0.25) is 0 Å². The maximum absolute atomic E-state index is 13.3. The van der Waals surface area contributed by atoms with Crippen molar-refractivity contribution in [2.75, 3.05) is 0 Å². The zero-order valence-corrected chi connectivity index (χ0v) is 15.6. The summed E-state index contributed by atoms with van der Waals surface area (Å²) in [5.41, 5.74) is 2.05. The minimum atomic E-state index is -3.68. The molecule has 1 N–H and O–H groups in total. The summed E-state index contributed by atoms with van der Waals surface area (Å²) in [5.74, 6) is -1.56. The van der Waals surface area contributed by atoms with E-state index in [1.165, 1.54) is 0 Å². The molecule has 1 aliphatic heterocycles. The molecule has 2 heterocycles. The van der Waals surface area contributed by atoms with E-state index in [-0.39, 0.29) is 11.3 Å². The summed E-state index contributed by atoms with van der Waals surface area (Å²) in [5, 5.41) is 9.06. The Balaban J connectivity index is 2.10. The lowest BCUT2D eigenvalue weighted by molar-refractivity contribution is -0.137. The van der Waals surface area contributed by atoms with Gasteiger partial charge in [-0.25, -0.2) is 8.42 Å². The summed E-state index contributed by atoms with van der Waals surface area (Å²) >= 11 is 6.10. The number of rotatable bonds is 4. The van der Waals surface area contributed by atoms with Crippen LogP contribution in [-0.2, 0) is 21.2 Å². The topological polar surface area (TPSA) is 76.4 Å². The average molecular weight is 382 g/mol.